The van der Waals surface area contributed by atoms with Crippen LogP contribution >= 0.6 is 11.6 Å². The highest BCUT2D eigenvalue weighted by atomic mass is 35.5. The smallest absolute Gasteiger partial charge is 0.409 e. The van der Waals surface area contributed by atoms with Crippen molar-refractivity contribution in [3.8, 4) is 0 Å². The number of amides is 2. The van der Waals surface area contributed by atoms with Crippen LogP contribution in [0.2, 0.25) is 5.02 Å². The van der Waals surface area contributed by atoms with Gasteiger partial charge in [0.2, 0.25) is 0 Å². The van der Waals surface area contributed by atoms with E-state index in [0.29, 0.717) is 31.9 Å². The molecular weight excluding hydrogens is 466 g/mol. The van der Waals surface area contributed by atoms with Crippen molar-refractivity contribution in [2.45, 2.75) is 11.8 Å². The molecule has 0 unspecified atom stereocenters. The third-order valence-corrected chi connectivity index (χ3v) is 7.45. The van der Waals surface area contributed by atoms with Crippen molar-refractivity contribution in [1.82, 2.24) is 9.80 Å². The number of ether oxygens (including phenoxy) is 1. The van der Waals surface area contributed by atoms with Crippen LogP contribution in [0, 0.1) is 0 Å². The van der Waals surface area contributed by atoms with Gasteiger partial charge in [-0.05, 0) is 37.3 Å². The van der Waals surface area contributed by atoms with Gasteiger partial charge in [0.15, 0.2) is 0 Å². The van der Waals surface area contributed by atoms with Crippen molar-refractivity contribution in [2.75, 3.05) is 43.6 Å². The van der Waals surface area contributed by atoms with Crippen molar-refractivity contribution in [3.63, 3.8) is 0 Å². The summed E-state index contributed by atoms with van der Waals surface area (Å²) in [5, 5.41) is 0.0173. The molecule has 0 bridgehead atoms. The van der Waals surface area contributed by atoms with E-state index < -0.39 is 16.1 Å². The number of hydrogen-bond donors (Lipinski definition) is 0. The van der Waals surface area contributed by atoms with Crippen molar-refractivity contribution in [2.24, 2.45) is 0 Å². The number of carbonyl (C=O) groups is 2. The van der Waals surface area contributed by atoms with Crippen LogP contribution in [0.5, 0.6) is 0 Å². The highest BCUT2D eigenvalue weighted by molar-refractivity contribution is 7.93. The first-order valence-electron chi connectivity index (χ1n) is 10.5. The number of rotatable bonds is 7. The zero-order valence-corrected chi connectivity index (χ0v) is 19.9. The molecule has 33 heavy (non-hydrogen) atoms. The topological polar surface area (TPSA) is 87.2 Å². The molecule has 8 nitrogen and oxygen atoms in total. The van der Waals surface area contributed by atoms with Crippen LogP contribution in [-0.2, 0) is 14.8 Å². The van der Waals surface area contributed by atoms with E-state index in [1.54, 1.807) is 42.2 Å². The lowest BCUT2D eigenvalue weighted by Crippen LogP contribution is -2.50. The summed E-state index contributed by atoms with van der Waals surface area (Å²) in [6, 6.07) is 12.8. The highest BCUT2D eigenvalue weighted by Gasteiger charge is 2.30. The van der Waals surface area contributed by atoms with Gasteiger partial charge in [0.1, 0.15) is 4.90 Å². The molecule has 2 aromatic carbocycles. The second-order valence-corrected chi connectivity index (χ2v) is 9.52. The summed E-state index contributed by atoms with van der Waals surface area (Å²) < 4.78 is 33.2. The van der Waals surface area contributed by atoms with Crippen LogP contribution in [-0.4, -0.2) is 69.5 Å². The van der Waals surface area contributed by atoms with Crippen LogP contribution in [0.25, 0.3) is 0 Å². The quantitative estimate of drug-likeness (QED) is 0.552. The second-order valence-electron chi connectivity index (χ2n) is 7.28. The summed E-state index contributed by atoms with van der Waals surface area (Å²) in [4.78, 5) is 27.9. The fourth-order valence-electron chi connectivity index (χ4n) is 3.50. The molecule has 0 radical (unpaired) electrons. The van der Waals surface area contributed by atoms with E-state index in [9.17, 15) is 18.0 Å². The maximum absolute atomic E-state index is 13.5. The van der Waals surface area contributed by atoms with Gasteiger partial charge in [-0.1, -0.05) is 35.9 Å². The molecule has 0 aromatic heterocycles. The molecule has 176 valence electrons. The predicted molar refractivity (Wildman–Crippen MR) is 127 cm³/mol. The van der Waals surface area contributed by atoms with E-state index in [1.807, 2.05) is 0 Å². The summed E-state index contributed by atoms with van der Waals surface area (Å²) in [6.45, 7) is 7.02. The van der Waals surface area contributed by atoms with Gasteiger partial charge in [-0.25, -0.2) is 13.2 Å². The molecular formula is C23H26ClN3O5S. The van der Waals surface area contributed by atoms with E-state index in [-0.39, 0.29) is 34.5 Å². The number of halogens is 1. The average Bonchev–Trinajstić information content (AvgIpc) is 2.83. The molecule has 2 aromatic rings. The molecule has 1 aliphatic heterocycles. The van der Waals surface area contributed by atoms with Crippen molar-refractivity contribution in [3.05, 3.63) is 71.8 Å². The van der Waals surface area contributed by atoms with E-state index >= 15 is 0 Å². The maximum atomic E-state index is 13.5. The van der Waals surface area contributed by atoms with E-state index in [0.717, 1.165) is 0 Å². The van der Waals surface area contributed by atoms with Gasteiger partial charge in [0.05, 0.1) is 23.9 Å². The minimum Gasteiger partial charge on any atom is -0.450 e. The van der Waals surface area contributed by atoms with Gasteiger partial charge in [0.25, 0.3) is 15.9 Å². The summed E-state index contributed by atoms with van der Waals surface area (Å²) in [5.41, 5.74) is 0.662. The van der Waals surface area contributed by atoms with Gasteiger partial charge in [-0.2, -0.15) is 0 Å². The Labute approximate surface area is 199 Å². The van der Waals surface area contributed by atoms with Crippen LogP contribution in [0.1, 0.15) is 17.3 Å². The molecule has 1 heterocycles. The Hall–Kier alpha value is -3.04. The number of benzene rings is 2. The number of sulfonamides is 1. The van der Waals surface area contributed by atoms with E-state index in [4.69, 9.17) is 16.3 Å². The van der Waals surface area contributed by atoms with E-state index in [1.165, 1.54) is 33.5 Å². The van der Waals surface area contributed by atoms with Crippen LogP contribution < -0.4 is 4.31 Å². The minimum absolute atomic E-state index is 0.0173. The van der Waals surface area contributed by atoms with Crippen LogP contribution in [0.3, 0.4) is 0 Å². The maximum Gasteiger partial charge on any atom is 0.409 e. The molecule has 2 amide bonds. The molecule has 3 rings (SSSR count). The van der Waals surface area contributed by atoms with Crippen molar-refractivity contribution < 1.29 is 22.7 Å². The van der Waals surface area contributed by atoms with Gasteiger partial charge < -0.3 is 14.5 Å². The molecule has 1 aliphatic rings. The summed E-state index contributed by atoms with van der Waals surface area (Å²) in [5.74, 6) is -0.332. The Balaban J connectivity index is 1.85. The number of piperazine rings is 1. The van der Waals surface area contributed by atoms with Gasteiger partial charge in [-0.3, -0.25) is 9.10 Å². The first-order valence-corrected chi connectivity index (χ1v) is 12.3. The average molecular weight is 492 g/mol. The van der Waals surface area contributed by atoms with Crippen molar-refractivity contribution in [1.29, 1.82) is 0 Å². The SMILES string of the molecule is C=CCN(c1ccccc1)S(=O)(=O)c1cc(C(=O)N2CCN(C(=O)OCC)CC2)ccc1Cl. The van der Waals surface area contributed by atoms with Crippen LogP contribution in [0.15, 0.2) is 66.1 Å². The predicted octanol–water partition coefficient (Wildman–Crippen LogP) is 3.64. The first kappa shape index (κ1) is 24.6. The molecule has 1 fully saturated rings. The Morgan fingerprint density at radius 1 is 1.09 bits per heavy atom. The molecule has 10 heteroatoms. The summed E-state index contributed by atoms with van der Waals surface area (Å²) in [7, 11) is -4.07. The zero-order valence-electron chi connectivity index (χ0n) is 18.3. The number of anilines is 1. The molecule has 0 spiro atoms. The van der Waals surface area contributed by atoms with Crippen LogP contribution in [0.4, 0.5) is 10.5 Å². The largest absolute Gasteiger partial charge is 0.450 e. The number of hydrogen-bond acceptors (Lipinski definition) is 5. The number of carbonyl (C=O) groups excluding carboxylic acids is 2. The molecule has 0 atom stereocenters. The third-order valence-electron chi connectivity index (χ3n) is 5.18. The Morgan fingerprint density at radius 3 is 2.33 bits per heavy atom. The molecule has 0 aliphatic carbocycles. The summed E-state index contributed by atoms with van der Waals surface area (Å²) in [6.07, 6.45) is 1.07. The lowest BCUT2D eigenvalue weighted by molar-refractivity contribution is 0.0570. The molecule has 0 N–H and O–H groups in total. The molecule has 1 saturated heterocycles. The fourth-order valence-corrected chi connectivity index (χ4v) is 5.43. The second kappa shape index (κ2) is 10.7. The van der Waals surface area contributed by atoms with Gasteiger partial charge in [-0.15, -0.1) is 6.58 Å². The van der Waals surface area contributed by atoms with Gasteiger partial charge >= 0.3 is 6.09 Å². The Kier molecular flexibility index (Phi) is 7.99. The lowest BCUT2D eigenvalue weighted by atomic mass is 10.2. The zero-order chi connectivity index (χ0) is 24.0. The Bertz CT molecular complexity index is 1120. The fraction of sp³-hybridized carbons (Fsp3) is 0.304. The normalized spacial score (nSPS) is 14.0. The third kappa shape index (κ3) is 5.48. The molecule has 0 saturated carbocycles. The standard InChI is InChI=1S/C23H26ClN3O5S/c1-3-12-27(19-8-6-5-7-9-19)33(30,31)21-17-18(10-11-20(21)24)22(28)25-13-15-26(16-14-25)23(29)32-4-2/h3,5-11,17H,1,4,12-16H2,2H3. The Morgan fingerprint density at radius 2 is 1.73 bits per heavy atom. The van der Waals surface area contributed by atoms with E-state index in [2.05, 4.69) is 6.58 Å². The monoisotopic (exact) mass is 491 g/mol. The van der Waals surface area contributed by atoms with Crippen molar-refractivity contribution >= 4 is 39.3 Å². The lowest BCUT2D eigenvalue weighted by Gasteiger charge is -2.34. The minimum atomic E-state index is -4.07. The number of nitrogens with zero attached hydrogens (tertiary/aromatic N) is 3. The first-order chi connectivity index (χ1) is 15.8. The number of para-hydroxylation sites is 1. The summed E-state index contributed by atoms with van der Waals surface area (Å²) >= 11 is 6.27. The van der Waals surface area contributed by atoms with Gasteiger partial charge in [0, 0.05) is 31.7 Å². The highest BCUT2D eigenvalue weighted by Crippen LogP contribution is 2.30.